The summed E-state index contributed by atoms with van der Waals surface area (Å²) in [4.78, 5) is 49.5. The molecule has 2 rings (SSSR count). The third kappa shape index (κ3) is 4.81. The molecule has 0 unspecified atom stereocenters. The summed E-state index contributed by atoms with van der Waals surface area (Å²) >= 11 is 5.97. The summed E-state index contributed by atoms with van der Waals surface area (Å²) in [5, 5.41) is 2.87. The Labute approximate surface area is 168 Å². The van der Waals surface area contributed by atoms with E-state index < -0.39 is 42.4 Å². The van der Waals surface area contributed by atoms with Gasteiger partial charge in [0.15, 0.2) is 12.4 Å². The van der Waals surface area contributed by atoms with E-state index >= 15 is 0 Å². The minimum atomic E-state index is -1.02. The summed E-state index contributed by atoms with van der Waals surface area (Å²) in [6, 6.07) is 3.79. The highest BCUT2D eigenvalue weighted by Gasteiger charge is 2.47. The molecular formula is C19H23ClN2O6. The van der Waals surface area contributed by atoms with Gasteiger partial charge in [0.05, 0.1) is 12.1 Å². The predicted octanol–water partition coefficient (Wildman–Crippen LogP) is 2.58. The molecule has 28 heavy (non-hydrogen) atoms. The average Bonchev–Trinajstić information content (AvgIpc) is 2.87. The first-order valence-electron chi connectivity index (χ1n) is 8.88. The van der Waals surface area contributed by atoms with Gasteiger partial charge in [-0.05, 0) is 31.5 Å². The number of carbonyl (C=O) groups is 4. The van der Waals surface area contributed by atoms with Crippen molar-refractivity contribution in [2.45, 2.75) is 38.6 Å². The number of urea groups is 1. The summed E-state index contributed by atoms with van der Waals surface area (Å²) in [6.07, 6.45) is 2.12. The molecule has 1 saturated heterocycles. The minimum absolute atomic E-state index is 0.251. The molecule has 0 aromatic heterocycles. The molecule has 8 nitrogen and oxygen atoms in total. The highest BCUT2D eigenvalue weighted by Crippen LogP contribution is 2.25. The molecule has 0 radical (unpaired) electrons. The molecule has 1 N–H and O–H groups in total. The van der Waals surface area contributed by atoms with E-state index in [0.29, 0.717) is 12.2 Å². The first-order valence-corrected chi connectivity index (χ1v) is 9.26. The number of benzene rings is 1. The molecule has 9 heteroatoms. The maximum Gasteiger partial charge on any atom is 0.326 e. The van der Waals surface area contributed by atoms with Crippen LogP contribution in [0.1, 0.15) is 43.5 Å². The van der Waals surface area contributed by atoms with Gasteiger partial charge in [-0.3, -0.25) is 19.3 Å². The predicted molar refractivity (Wildman–Crippen MR) is 101 cm³/mol. The van der Waals surface area contributed by atoms with Crippen molar-refractivity contribution >= 4 is 35.3 Å². The molecule has 1 atom stereocenters. The maximum atomic E-state index is 12.5. The lowest BCUT2D eigenvalue weighted by Crippen LogP contribution is -2.44. The normalized spacial score (nSPS) is 18.8. The van der Waals surface area contributed by atoms with E-state index in [-0.39, 0.29) is 10.6 Å². The van der Waals surface area contributed by atoms with Gasteiger partial charge in [0.25, 0.3) is 5.91 Å². The molecule has 1 heterocycles. The lowest BCUT2D eigenvalue weighted by Gasteiger charge is -2.21. The Morgan fingerprint density at radius 3 is 2.61 bits per heavy atom. The van der Waals surface area contributed by atoms with E-state index in [1.807, 2.05) is 6.92 Å². The van der Waals surface area contributed by atoms with Gasteiger partial charge in [-0.25, -0.2) is 4.79 Å². The number of carbonyl (C=O) groups excluding carboxylic acids is 4. The van der Waals surface area contributed by atoms with Gasteiger partial charge in [-0.2, -0.15) is 0 Å². The number of esters is 1. The first-order chi connectivity index (χ1) is 13.2. The summed E-state index contributed by atoms with van der Waals surface area (Å²) in [6.45, 7) is 2.53. The minimum Gasteiger partial charge on any atom is -0.495 e. The molecule has 152 valence electrons. The van der Waals surface area contributed by atoms with Crippen molar-refractivity contribution in [1.82, 2.24) is 10.2 Å². The molecule has 1 aliphatic heterocycles. The number of hydrogen-bond acceptors (Lipinski definition) is 6. The second-order valence-corrected chi connectivity index (χ2v) is 7.10. The molecule has 1 fully saturated rings. The fourth-order valence-electron chi connectivity index (χ4n) is 2.83. The van der Waals surface area contributed by atoms with Gasteiger partial charge < -0.3 is 14.8 Å². The van der Waals surface area contributed by atoms with Crippen LogP contribution in [0, 0.1) is 0 Å². The van der Waals surface area contributed by atoms with Crippen molar-refractivity contribution in [1.29, 1.82) is 0 Å². The second kappa shape index (κ2) is 9.05. The van der Waals surface area contributed by atoms with Crippen molar-refractivity contribution in [3.8, 4) is 5.75 Å². The van der Waals surface area contributed by atoms with Crippen LogP contribution in [0.4, 0.5) is 4.79 Å². The summed E-state index contributed by atoms with van der Waals surface area (Å²) in [5.41, 5.74) is -0.774. The molecule has 0 aliphatic carbocycles. The molecule has 3 amide bonds. The Hall–Kier alpha value is -2.61. The van der Waals surface area contributed by atoms with Crippen molar-refractivity contribution in [2.24, 2.45) is 0 Å². The quantitative estimate of drug-likeness (QED) is 0.381. The van der Waals surface area contributed by atoms with Crippen molar-refractivity contribution in [3.05, 3.63) is 28.8 Å². The second-order valence-electron chi connectivity index (χ2n) is 6.69. The standard InChI is InChI=1S/C19H23ClN2O6/c1-4-5-8-19(2)17(25)22(18(26)21-19)10-16(24)28-11-14(23)12-6-7-15(27-3)13(20)9-12/h6-7,9H,4-5,8,10-11H2,1-3H3,(H,21,26)/t19-/m0/s1. The summed E-state index contributed by atoms with van der Waals surface area (Å²) < 4.78 is 9.94. The SMILES string of the molecule is CCCC[C@]1(C)NC(=O)N(CC(=O)OCC(=O)c2ccc(OC)c(Cl)c2)C1=O. The van der Waals surface area contributed by atoms with E-state index in [2.05, 4.69) is 5.32 Å². The zero-order valence-electron chi connectivity index (χ0n) is 16.0. The lowest BCUT2D eigenvalue weighted by molar-refractivity contribution is -0.146. The Kier molecular flexibility index (Phi) is 7.01. The monoisotopic (exact) mass is 410 g/mol. The third-order valence-electron chi connectivity index (χ3n) is 4.50. The van der Waals surface area contributed by atoms with Crippen LogP contribution in [0.2, 0.25) is 5.02 Å². The summed E-state index contributed by atoms with van der Waals surface area (Å²) in [7, 11) is 1.45. The molecule has 0 saturated carbocycles. The van der Waals surface area contributed by atoms with Crippen molar-refractivity contribution in [3.63, 3.8) is 0 Å². The van der Waals surface area contributed by atoms with Crippen molar-refractivity contribution in [2.75, 3.05) is 20.3 Å². The molecule has 1 aromatic rings. The van der Waals surface area contributed by atoms with E-state index in [9.17, 15) is 19.2 Å². The summed E-state index contributed by atoms with van der Waals surface area (Å²) in [5.74, 6) is -1.38. The Bertz CT molecular complexity index is 797. The van der Waals surface area contributed by atoms with Crippen LogP contribution >= 0.6 is 11.6 Å². The zero-order valence-corrected chi connectivity index (χ0v) is 16.8. The van der Waals surface area contributed by atoms with Gasteiger partial charge in [-0.15, -0.1) is 0 Å². The number of ether oxygens (including phenoxy) is 2. The maximum absolute atomic E-state index is 12.5. The van der Waals surface area contributed by atoms with Crippen LogP contribution in [0.3, 0.4) is 0 Å². The number of imide groups is 1. The number of rotatable bonds is 9. The van der Waals surface area contributed by atoms with E-state index in [1.165, 1.54) is 25.3 Å². The number of unbranched alkanes of at least 4 members (excludes halogenated alkanes) is 1. The topological polar surface area (TPSA) is 102 Å². The van der Waals surface area contributed by atoms with Crippen LogP contribution in [-0.2, 0) is 14.3 Å². The van der Waals surface area contributed by atoms with Crippen LogP contribution in [0.5, 0.6) is 5.75 Å². The van der Waals surface area contributed by atoms with Gasteiger partial charge >= 0.3 is 12.0 Å². The Morgan fingerprint density at radius 1 is 1.29 bits per heavy atom. The van der Waals surface area contributed by atoms with Crippen LogP contribution in [0.15, 0.2) is 18.2 Å². The van der Waals surface area contributed by atoms with Gasteiger partial charge in [0, 0.05) is 5.56 Å². The number of ketones is 1. The lowest BCUT2D eigenvalue weighted by atomic mass is 9.95. The van der Waals surface area contributed by atoms with Gasteiger partial charge in [0.2, 0.25) is 0 Å². The number of hydrogen-bond donors (Lipinski definition) is 1. The van der Waals surface area contributed by atoms with E-state index in [0.717, 1.165) is 17.7 Å². The first kappa shape index (κ1) is 21.7. The number of nitrogens with one attached hydrogen (secondary N) is 1. The highest BCUT2D eigenvalue weighted by molar-refractivity contribution is 6.32. The Morgan fingerprint density at radius 2 is 2.00 bits per heavy atom. The highest BCUT2D eigenvalue weighted by atomic mass is 35.5. The number of methoxy groups -OCH3 is 1. The number of halogens is 1. The smallest absolute Gasteiger partial charge is 0.326 e. The molecule has 1 aromatic carbocycles. The van der Waals surface area contributed by atoms with Crippen LogP contribution in [0.25, 0.3) is 0 Å². The fraction of sp³-hybridized carbons (Fsp3) is 0.474. The van der Waals surface area contributed by atoms with Crippen molar-refractivity contribution < 1.29 is 28.7 Å². The molecule has 1 aliphatic rings. The van der Waals surface area contributed by atoms with E-state index in [1.54, 1.807) is 6.92 Å². The van der Waals surface area contributed by atoms with Gasteiger partial charge in [-0.1, -0.05) is 31.4 Å². The average molecular weight is 411 g/mol. The zero-order chi connectivity index (χ0) is 20.9. The molecular weight excluding hydrogens is 388 g/mol. The third-order valence-corrected chi connectivity index (χ3v) is 4.80. The van der Waals surface area contributed by atoms with Crippen LogP contribution < -0.4 is 10.1 Å². The van der Waals surface area contributed by atoms with Crippen LogP contribution in [-0.4, -0.2) is 54.4 Å². The van der Waals surface area contributed by atoms with Gasteiger partial charge in [0.1, 0.15) is 17.8 Å². The molecule has 0 bridgehead atoms. The number of amides is 3. The largest absolute Gasteiger partial charge is 0.495 e. The number of nitrogens with zero attached hydrogens (tertiary/aromatic N) is 1. The molecule has 0 spiro atoms. The van der Waals surface area contributed by atoms with E-state index in [4.69, 9.17) is 21.1 Å². The number of Topliss-reactive ketones (excluding diaryl/α,β-unsaturated/α-hetero) is 1. The fourth-order valence-corrected chi connectivity index (χ4v) is 3.09. The Balaban J connectivity index is 1.91.